The van der Waals surface area contributed by atoms with Crippen molar-refractivity contribution < 1.29 is 9.72 Å². The van der Waals surface area contributed by atoms with Crippen LogP contribution in [0.4, 0.5) is 10.8 Å². The number of thiazole rings is 1. The quantitative estimate of drug-likeness (QED) is 0.678. The number of aromatic nitrogens is 1. The maximum Gasteiger partial charge on any atom is 0.269 e. The fraction of sp³-hybridized carbons (Fsp3) is 0.286. The van der Waals surface area contributed by atoms with E-state index < -0.39 is 4.92 Å². The fourth-order valence-corrected chi connectivity index (χ4v) is 2.53. The van der Waals surface area contributed by atoms with E-state index in [1.807, 2.05) is 0 Å². The van der Waals surface area contributed by atoms with E-state index in [0.717, 1.165) is 10.4 Å². The third-order valence-corrected chi connectivity index (χ3v) is 4.06. The molecule has 0 radical (unpaired) electrons. The summed E-state index contributed by atoms with van der Waals surface area (Å²) >= 11 is 1.45. The van der Waals surface area contributed by atoms with Gasteiger partial charge in [0.05, 0.1) is 11.3 Å². The number of rotatable bonds is 5. The van der Waals surface area contributed by atoms with Crippen LogP contribution < -0.4 is 5.32 Å². The van der Waals surface area contributed by atoms with Crippen LogP contribution in [0.5, 0.6) is 0 Å². The second-order valence-electron chi connectivity index (χ2n) is 4.87. The van der Waals surface area contributed by atoms with Gasteiger partial charge in [0.2, 0.25) is 5.91 Å². The van der Waals surface area contributed by atoms with Crippen LogP contribution in [0.3, 0.4) is 0 Å². The number of nitrogens with one attached hydrogen (secondary N) is 1. The molecule has 2 rings (SSSR count). The SMILES string of the molecule is CC(C)c1cnc(NC(=O)Cc2ccc([N+](=O)[O-])cc2)s1. The lowest BCUT2D eigenvalue weighted by Crippen LogP contribution is -2.14. The molecular weight excluding hydrogens is 290 g/mol. The molecule has 0 aliphatic rings. The molecule has 0 saturated heterocycles. The molecule has 1 aromatic heterocycles. The average molecular weight is 305 g/mol. The van der Waals surface area contributed by atoms with E-state index in [1.54, 1.807) is 18.3 Å². The molecule has 0 unspecified atom stereocenters. The predicted octanol–water partition coefficient (Wildman–Crippen LogP) is 3.36. The van der Waals surface area contributed by atoms with Crippen molar-refractivity contribution in [2.45, 2.75) is 26.2 Å². The molecule has 0 bridgehead atoms. The first kappa shape index (κ1) is 15.1. The standard InChI is InChI=1S/C14H15N3O3S/c1-9(2)12-8-15-14(21-12)16-13(18)7-10-3-5-11(6-4-10)17(19)20/h3-6,8-9H,7H2,1-2H3,(H,15,16,18). The summed E-state index contributed by atoms with van der Waals surface area (Å²) < 4.78 is 0. The lowest BCUT2D eigenvalue weighted by atomic mass is 10.1. The average Bonchev–Trinajstić information content (AvgIpc) is 2.87. The highest BCUT2D eigenvalue weighted by atomic mass is 32.1. The summed E-state index contributed by atoms with van der Waals surface area (Å²) in [5.41, 5.74) is 0.736. The number of hydrogen-bond acceptors (Lipinski definition) is 5. The predicted molar refractivity (Wildman–Crippen MR) is 81.6 cm³/mol. The van der Waals surface area contributed by atoms with Crippen LogP contribution in [0.1, 0.15) is 30.2 Å². The minimum Gasteiger partial charge on any atom is -0.302 e. The monoisotopic (exact) mass is 305 g/mol. The first-order chi connectivity index (χ1) is 9.95. The van der Waals surface area contributed by atoms with Crippen molar-refractivity contribution in [3.63, 3.8) is 0 Å². The van der Waals surface area contributed by atoms with Crippen LogP contribution in [-0.4, -0.2) is 15.8 Å². The molecule has 7 heteroatoms. The van der Waals surface area contributed by atoms with Gasteiger partial charge < -0.3 is 5.32 Å². The summed E-state index contributed by atoms with van der Waals surface area (Å²) in [7, 11) is 0. The van der Waals surface area contributed by atoms with Gasteiger partial charge in [0.15, 0.2) is 5.13 Å². The highest BCUT2D eigenvalue weighted by Crippen LogP contribution is 2.25. The van der Waals surface area contributed by atoms with Gasteiger partial charge in [-0.15, -0.1) is 11.3 Å². The minimum absolute atomic E-state index is 0.0145. The molecule has 110 valence electrons. The molecule has 0 saturated carbocycles. The Bertz CT molecular complexity index is 650. The molecular formula is C14H15N3O3S. The molecule has 0 fully saturated rings. The van der Waals surface area contributed by atoms with Gasteiger partial charge in [0.25, 0.3) is 5.69 Å². The number of nitrogens with zero attached hydrogens (tertiary/aromatic N) is 2. The molecule has 6 nitrogen and oxygen atoms in total. The molecule has 0 atom stereocenters. The second-order valence-corrected chi connectivity index (χ2v) is 5.93. The number of anilines is 1. The van der Waals surface area contributed by atoms with E-state index in [-0.39, 0.29) is 18.0 Å². The van der Waals surface area contributed by atoms with Crippen molar-refractivity contribution >= 4 is 28.1 Å². The van der Waals surface area contributed by atoms with Crippen molar-refractivity contribution in [2.75, 3.05) is 5.32 Å². The van der Waals surface area contributed by atoms with Gasteiger partial charge in [-0.05, 0) is 11.5 Å². The Balaban J connectivity index is 1.96. The number of nitro groups is 1. The van der Waals surface area contributed by atoms with Crippen LogP contribution in [0.25, 0.3) is 0 Å². The topological polar surface area (TPSA) is 85.1 Å². The number of benzene rings is 1. The van der Waals surface area contributed by atoms with Crippen molar-refractivity contribution in [1.82, 2.24) is 4.98 Å². The third-order valence-electron chi connectivity index (χ3n) is 2.85. The maximum atomic E-state index is 11.9. The zero-order valence-electron chi connectivity index (χ0n) is 11.7. The second kappa shape index (κ2) is 6.45. The van der Waals surface area contributed by atoms with Gasteiger partial charge in [-0.25, -0.2) is 4.98 Å². The zero-order chi connectivity index (χ0) is 15.4. The van der Waals surface area contributed by atoms with Crippen LogP contribution in [-0.2, 0) is 11.2 Å². The smallest absolute Gasteiger partial charge is 0.269 e. The maximum absolute atomic E-state index is 11.9. The Morgan fingerprint density at radius 3 is 2.57 bits per heavy atom. The summed E-state index contributed by atoms with van der Waals surface area (Å²) in [6.07, 6.45) is 1.92. The summed E-state index contributed by atoms with van der Waals surface area (Å²) in [5, 5.41) is 13.9. The van der Waals surface area contributed by atoms with Gasteiger partial charge >= 0.3 is 0 Å². The first-order valence-electron chi connectivity index (χ1n) is 6.44. The van der Waals surface area contributed by atoms with Gasteiger partial charge in [-0.3, -0.25) is 14.9 Å². The Hall–Kier alpha value is -2.28. The van der Waals surface area contributed by atoms with Crippen molar-refractivity contribution in [1.29, 1.82) is 0 Å². The van der Waals surface area contributed by atoms with Gasteiger partial charge in [0, 0.05) is 23.2 Å². The van der Waals surface area contributed by atoms with E-state index in [1.165, 1.54) is 23.5 Å². The number of nitro benzene ring substituents is 1. The Kier molecular flexibility index (Phi) is 4.64. The van der Waals surface area contributed by atoms with Gasteiger partial charge in [0.1, 0.15) is 0 Å². The first-order valence-corrected chi connectivity index (χ1v) is 7.26. The molecule has 1 amide bonds. The van der Waals surface area contributed by atoms with E-state index in [9.17, 15) is 14.9 Å². The minimum atomic E-state index is -0.465. The van der Waals surface area contributed by atoms with Crippen LogP contribution in [0, 0.1) is 10.1 Å². The number of hydrogen-bond donors (Lipinski definition) is 1. The molecule has 0 spiro atoms. The number of non-ortho nitro benzene ring substituents is 1. The highest BCUT2D eigenvalue weighted by Gasteiger charge is 2.10. The van der Waals surface area contributed by atoms with Crippen molar-refractivity contribution in [2.24, 2.45) is 0 Å². The van der Waals surface area contributed by atoms with Crippen LogP contribution in [0.2, 0.25) is 0 Å². The molecule has 0 aliphatic carbocycles. The highest BCUT2D eigenvalue weighted by molar-refractivity contribution is 7.15. The van der Waals surface area contributed by atoms with Gasteiger partial charge in [-0.2, -0.15) is 0 Å². The number of amides is 1. The van der Waals surface area contributed by atoms with Crippen LogP contribution >= 0.6 is 11.3 Å². The molecule has 1 aromatic carbocycles. The van der Waals surface area contributed by atoms with E-state index in [4.69, 9.17) is 0 Å². The third kappa shape index (κ3) is 4.09. The van der Waals surface area contributed by atoms with Crippen LogP contribution in [0.15, 0.2) is 30.5 Å². The molecule has 1 N–H and O–H groups in total. The summed E-state index contributed by atoms with van der Waals surface area (Å²) in [6, 6.07) is 5.95. The largest absolute Gasteiger partial charge is 0.302 e. The van der Waals surface area contributed by atoms with E-state index in [0.29, 0.717) is 11.0 Å². The molecule has 2 aromatic rings. The summed E-state index contributed by atoms with van der Waals surface area (Å²) in [5.74, 6) is 0.191. The number of carbonyl (C=O) groups is 1. The summed E-state index contributed by atoms with van der Waals surface area (Å²) in [4.78, 5) is 27.3. The molecule has 0 aliphatic heterocycles. The van der Waals surface area contributed by atoms with Gasteiger partial charge in [-0.1, -0.05) is 26.0 Å². The normalized spacial score (nSPS) is 10.6. The van der Waals surface area contributed by atoms with E-state index in [2.05, 4.69) is 24.1 Å². The lowest BCUT2D eigenvalue weighted by molar-refractivity contribution is -0.384. The zero-order valence-corrected chi connectivity index (χ0v) is 12.5. The molecule has 1 heterocycles. The van der Waals surface area contributed by atoms with Crippen molar-refractivity contribution in [3.8, 4) is 0 Å². The number of carbonyl (C=O) groups excluding carboxylic acids is 1. The Morgan fingerprint density at radius 2 is 2.05 bits per heavy atom. The Labute approximate surface area is 126 Å². The Morgan fingerprint density at radius 1 is 1.38 bits per heavy atom. The fourth-order valence-electron chi connectivity index (χ4n) is 1.70. The van der Waals surface area contributed by atoms with E-state index >= 15 is 0 Å². The lowest BCUT2D eigenvalue weighted by Gasteiger charge is -2.02. The van der Waals surface area contributed by atoms with Crippen molar-refractivity contribution in [3.05, 3.63) is 51.0 Å². The molecule has 21 heavy (non-hydrogen) atoms. The summed E-state index contributed by atoms with van der Waals surface area (Å²) in [6.45, 7) is 4.13.